The van der Waals surface area contributed by atoms with Crippen LogP contribution in [-0.4, -0.2) is 101 Å². The Balaban J connectivity index is 1.70. The van der Waals surface area contributed by atoms with Gasteiger partial charge in [0, 0.05) is 7.05 Å². The molecule has 3 aromatic heterocycles. The summed E-state index contributed by atoms with van der Waals surface area (Å²) in [5, 5.41) is 23.4. The van der Waals surface area contributed by atoms with Gasteiger partial charge in [0.1, 0.15) is 24.4 Å². The van der Waals surface area contributed by atoms with Crippen molar-refractivity contribution in [1.29, 1.82) is 0 Å². The van der Waals surface area contributed by atoms with Crippen molar-refractivity contribution >= 4 is 36.8 Å². The summed E-state index contributed by atoms with van der Waals surface area (Å²) in [6.07, 6.45) is -5.09. The summed E-state index contributed by atoms with van der Waals surface area (Å²) in [4.78, 5) is 64.0. The van der Waals surface area contributed by atoms with Gasteiger partial charge in [-0.05, 0) is 19.8 Å². The Morgan fingerprint density at radius 2 is 1.93 bits per heavy atom. The molecule has 19 heteroatoms. The minimum atomic E-state index is -4.86. The van der Waals surface area contributed by atoms with Gasteiger partial charge >= 0.3 is 19.9 Å². The fraction of sp³-hybridized carbons (Fsp3) is 0.571. The number of esters is 1. The van der Waals surface area contributed by atoms with Crippen molar-refractivity contribution in [2.45, 2.75) is 50.3 Å². The van der Waals surface area contributed by atoms with Gasteiger partial charge in [-0.25, -0.2) is 28.5 Å². The third-order valence-corrected chi connectivity index (χ3v) is 7.08. The first-order valence-electron chi connectivity index (χ1n) is 11.9. The van der Waals surface area contributed by atoms with Crippen LogP contribution in [0.4, 0.5) is 4.79 Å². The van der Waals surface area contributed by atoms with E-state index in [9.17, 15) is 29.2 Å². The van der Waals surface area contributed by atoms with Crippen molar-refractivity contribution in [2.75, 3.05) is 20.8 Å². The van der Waals surface area contributed by atoms with E-state index in [1.807, 2.05) is 0 Å². The molecule has 4 heterocycles. The largest absolute Gasteiger partial charge is 0.469 e. The molecule has 5 N–H and O–H groups in total. The quantitative estimate of drug-likeness (QED) is 0.138. The van der Waals surface area contributed by atoms with Gasteiger partial charge in [0.05, 0.1) is 38.5 Å². The predicted octanol–water partition coefficient (Wildman–Crippen LogP) is -1.75. The first-order chi connectivity index (χ1) is 18.8. The summed E-state index contributed by atoms with van der Waals surface area (Å²) in [7, 11) is -0.940. The molecule has 0 aromatic carbocycles. The number of ether oxygens (including phenoxy) is 3. The van der Waals surface area contributed by atoms with E-state index in [2.05, 4.69) is 24.5 Å². The molecule has 3 aromatic rings. The number of alkyl carbamates (subject to hydrolysis) is 1. The Morgan fingerprint density at radius 1 is 1.23 bits per heavy atom. The minimum Gasteiger partial charge on any atom is -0.467 e. The highest BCUT2D eigenvalue weighted by molar-refractivity contribution is 7.46. The average molecular weight is 588 g/mol. The summed E-state index contributed by atoms with van der Waals surface area (Å²) in [6, 6.07) is -1.05. The Labute approximate surface area is 225 Å². The van der Waals surface area contributed by atoms with Crippen LogP contribution in [0.15, 0.2) is 11.1 Å². The van der Waals surface area contributed by atoms with Crippen LogP contribution in [0.2, 0.25) is 0 Å². The van der Waals surface area contributed by atoms with E-state index in [4.69, 9.17) is 19.3 Å². The molecule has 1 aliphatic rings. The zero-order chi connectivity index (χ0) is 29.5. The minimum absolute atomic E-state index is 0.0361. The van der Waals surface area contributed by atoms with Crippen LogP contribution in [0, 0.1) is 6.92 Å². The number of aromatic nitrogens is 5. The topological polar surface area (TPSA) is 238 Å². The van der Waals surface area contributed by atoms with Crippen LogP contribution in [0.5, 0.6) is 0 Å². The van der Waals surface area contributed by atoms with E-state index < -0.39 is 62.6 Å². The van der Waals surface area contributed by atoms with Gasteiger partial charge in [-0.2, -0.15) is 0 Å². The van der Waals surface area contributed by atoms with Crippen molar-refractivity contribution in [3.63, 3.8) is 0 Å². The number of aryl methyl sites for hydroxylation is 3. The number of amides is 1. The molecule has 1 amide bonds. The number of phosphoric acid groups is 1. The van der Waals surface area contributed by atoms with Crippen molar-refractivity contribution in [3.05, 3.63) is 28.1 Å². The highest BCUT2D eigenvalue weighted by Gasteiger charge is 2.45. The number of aliphatic hydroxyl groups excluding tert-OH is 2. The number of hydrogen-bond acceptors (Lipinski definition) is 12. The van der Waals surface area contributed by atoms with Gasteiger partial charge in [0.15, 0.2) is 17.4 Å². The van der Waals surface area contributed by atoms with Gasteiger partial charge in [-0.15, -0.1) is 0 Å². The Bertz CT molecular complexity index is 1540. The smallest absolute Gasteiger partial charge is 0.467 e. The van der Waals surface area contributed by atoms with Crippen molar-refractivity contribution in [1.82, 2.24) is 28.8 Å². The molecule has 0 bridgehead atoms. The number of carbonyl (C=O) groups is 2. The molecule has 4 rings (SSSR count). The van der Waals surface area contributed by atoms with Crippen molar-refractivity contribution in [3.8, 4) is 0 Å². The summed E-state index contributed by atoms with van der Waals surface area (Å²) in [5.41, 5.74) is 0.501. The molecule has 0 spiro atoms. The number of rotatable bonds is 9. The summed E-state index contributed by atoms with van der Waals surface area (Å²) in [6.45, 7) is 0.968. The lowest BCUT2D eigenvalue weighted by Gasteiger charge is -2.18. The lowest BCUT2D eigenvalue weighted by molar-refractivity contribution is -0.143. The second-order valence-electron chi connectivity index (χ2n) is 9.05. The van der Waals surface area contributed by atoms with E-state index in [0.29, 0.717) is 11.4 Å². The van der Waals surface area contributed by atoms with E-state index in [1.165, 1.54) is 27.0 Å². The molecule has 220 valence electrons. The molecule has 40 heavy (non-hydrogen) atoms. The van der Waals surface area contributed by atoms with E-state index in [1.54, 1.807) is 14.0 Å². The second kappa shape index (κ2) is 11.2. The van der Waals surface area contributed by atoms with Crippen LogP contribution in [0.1, 0.15) is 24.0 Å². The number of nitrogens with one attached hydrogen (secondary N) is 1. The number of aliphatic hydroxyl groups is 2. The first-order valence-corrected chi connectivity index (χ1v) is 13.4. The molecule has 1 saturated heterocycles. The van der Waals surface area contributed by atoms with Crippen LogP contribution in [0.25, 0.3) is 16.9 Å². The Morgan fingerprint density at radius 3 is 2.55 bits per heavy atom. The molecule has 0 saturated carbocycles. The number of phosphoric ester groups is 1. The highest BCUT2D eigenvalue weighted by atomic mass is 31.2. The van der Waals surface area contributed by atoms with Gasteiger partial charge in [-0.3, -0.25) is 18.5 Å². The number of nitrogens with zero attached hydrogens (tertiary/aromatic N) is 5. The molecular weight excluding hydrogens is 559 g/mol. The SMILES string of the molecule is COC(=O)N[C@@H](CCc1c(C)nc2n(C)c3c(ncn3[C@@H]3O[C@H](COP(=O)(O)O)[C@@H](O)[C@H]3O)c(=O)n12)C(=O)OC. The zero-order valence-corrected chi connectivity index (χ0v) is 22.7. The number of fused-ring (bicyclic) bond motifs is 2. The number of carbonyl (C=O) groups excluding carboxylic acids is 2. The van der Waals surface area contributed by atoms with Gasteiger partial charge < -0.3 is 39.5 Å². The maximum absolute atomic E-state index is 13.6. The molecule has 5 atom stereocenters. The monoisotopic (exact) mass is 588 g/mol. The summed E-state index contributed by atoms with van der Waals surface area (Å²) in [5.74, 6) is -0.510. The van der Waals surface area contributed by atoms with Crippen LogP contribution in [-0.2, 0) is 41.6 Å². The maximum Gasteiger partial charge on any atom is 0.469 e. The van der Waals surface area contributed by atoms with E-state index in [0.717, 1.165) is 7.11 Å². The highest BCUT2D eigenvalue weighted by Crippen LogP contribution is 2.38. The van der Waals surface area contributed by atoms with Crippen LogP contribution in [0.3, 0.4) is 0 Å². The van der Waals surface area contributed by atoms with Gasteiger partial charge in [-0.1, -0.05) is 0 Å². The molecule has 0 unspecified atom stereocenters. The predicted molar refractivity (Wildman–Crippen MR) is 132 cm³/mol. The maximum atomic E-state index is 13.6. The van der Waals surface area contributed by atoms with Crippen LogP contribution >= 0.6 is 7.82 Å². The molecule has 0 radical (unpaired) electrons. The molecule has 18 nitrogen and oxygen atoms in total. The number of hydrogen-bond donors (Lipinski definition) is 5. The number of methoxy groups -OCH3 is 2. The third-order valence-electron chi connectivity index (χ3n) is 6.60. The second-order valence-corrected chi connectivity index (χ2v) is 10.3. The average Bonchev–Trinajstić information content (AvgIpc) is 3.57. The number of imidazole rings is 2. The van der Waals surface area contributed by atoms with E-state index in [-0.39, 0.29) is 29.8 Å². The summed E-state index contributed by atoms with van der Waals surface area (Å²) < 4.78 is 34.5. The lowest BCUT2D eigenvalue weighted by atomic mass is 10.1. The standard InChI is InChI=1S/C21H29N6O12P/c1-9-11(6-5-10(19(31)36-3)24-21(32)37-4)27-17(30)13-16(25(2)20(27)23-9)26(8-22-13)18-15(29)14(28)12(39-18)7-38-40(33,34)35/h8,10,12,14-15,18,28-29H,5-7H2,1-4H3,(H,24,32)(H2,33,34,35)/t10-,12+,14+,15+,18+/m0/s1. The molecule has 1 aliphatic heterocycles. The van der Waals surface area contributed by atoms with Gasteiger partial charge in [0.25, 0.3) is 5.56 Å². The normalized spacial score (nSPS) is 22.1. The lowest BCUT2D eigenvalue weighted by Crippen LogP contribution is -2.41. The zero-order valence-electron chi connectivity index (χ0n) is 21.8. The van der Waals surface area contributed by atoms with Crippen LogP contribution < -0.4 is 10.9 Å². The third kappa shape index (κ3) is 5.46. The molecule has 1 fully saturated rings. The fourth-order valence-electron chi connectivity index (χ4n) is 4.64. The van der Waals surface area contributed by atoms with Gasteiger partial charge in [0.2, 0.25) is 5.78 Å². The Kier molecular flexibility index (Phi) is 8.32. The summed E-state index contributed by atoms with van der Waals surface area (Å²) >= 11 is 0. The van der Waals surface area contributed by atoms with E-state index >= 15 is 0 Å². The first kappa shape index (κ1) is 29.6. The molecular formula is C21H29N6O12P. The van der Waals surface area contributed by atoms with Crippen molar-refractivity contribution < 1.29 is 52.9 Å². The fourth-order valence-corrected chi connectivity index (χ4v) is 4.98. The Hall–Kier alpha value is -3.38. The molecule has 0 aliphatic carbocycles. The van der Waals surface area contributed by atoms with Crippen molar-refractivity contribution in [2.24, 2.45) is 7.05 Å².